The van der Waals surface area contributed by atoms with Crippen LogP contribution in [0.15, 0.2) is 48.5 Å². The van der Waals surface area contributed by atoms with Gasteiger partial charge in [-0.3, -0.25) is 13.9 Å². The van der Waals surface area contributed by atoms with Gasteiger partial charge in [-0.15, -0.1) is 0 Å². The van der Waals surface area contributed by atoms with E-state index in [2.05, 4.69) is 5.32 Å². The van der Waals surface area contributed by atoms with Crippen molar-refractivity contribution in [1.29, 1.82) is 0 Å². The number of anilines is 1. The predicted molar refractivity (Wildman–Crippen MR) is 134 cm³/mol. The van der Waals surface area contributed by atoms with Crippen LogP contribution in [0.4, 0.5) is 5.69 Å². The molecule has 9 heteroatoms. The SMILES string of the molecule is CCCNC(=O)[C@H](CC)N(Cc1ccc(C)cc1)C(=O)CN(c1ccc(OC)cc1)S(C)(=O)=O. The van der Waals surface area contributed by atoms with Gasteiger partial charge in [-0.2, -0.15) is 0 Å². The highest BCUT2D eigenvalue weighted by molar-refractivity contribution is 7.92. The fourth-order valence-corrected chi connectivity index (χ4v) is 4.39. The molecule has 0 fully saturated rings. The number of aryl methyl sites for hydroxylation is 1. The van der Waals surface area contributed by atoms with Crippen LogP contribution in [0.2, 0.25) is 0 Å². The third-order valence-electron chi connectivity index (χ3n) is 5.45. The van der Waals surface area contributed by atoms with Crippen molar-refractivity contribution in [3.8, 4) is 5.75 Å². The summed E-state index contributed by atoms with van der Waals surface area (Å²) in [6, 6.07) is 13.4. The number of rotatable bonds is 12. The number of nitrogens with zero attached hydrogens (tertiary/aromatic N) is 2. The van der Waals surface area contributed by atoms with Gasteiger partial charge >= 0.3 is 0 Å². The summed E-state index contributed by atoms with van der Waals surface area (Å²) >= 11 is 0. The lowest BCUT2D eigenvalue weighted by atomic mass is 10.1. The van der Waals surface area contributed by atoms with Gasteiger partial charge in [0.15, 0.2) is 0 Å². The number of ether oxygens (including phenoxy) is 1. The normalized spacial score (nSPS) is 12.0. The molecule has 0 spiro atoms. The first-order chi connectivity index (χ1) is 16.1. The number of carbonyl (C=O) groups is 2. The summed E-state index contributed by atoms with van der Waals surface area (Å²) in [5.74, 6) is -0.136. The third kappa shape index (κ3) is 7.48. The molecular formula is C25H35N3O5S. The second kappa shape index (κ2) is 12.4. The fourth-order valence-electron chi connectivity index (χ4n) is 3.54. The molecule has 186 valence electrons. The molecule has 0 bridgehead atoms. The molecule has 8 nitrogen and oxygen atoms in total. The minimum atomic E-state index is -3.77. The molecule has 2 amide bonds. The molecule has 2 rings (SSSR count). The Hall–Kier alpha value is -3.07. The van der Waals surface area contributed by atoms with Gasteiger partial charge in [0.1, 0.15) is 18.3 Å². The van der Waals surface area contributed by atoms with Crippen molar-refractivity contribution >= 4 is 27.5 Å². The lowest BCUT2D eigenvalue weighted by Gasteiger charge is -2.33. The molecule has 34 heavy (non-hydrogen) atoms. The van der Waals surface area contributed by atoms with Crippen LogP contribution in [0.1, 0.15) is 37.8 Å². The summed E-state index contributed by atoms with van der Waals surface area (Å²) in [6.07, 6.45) is 2.22. The van der Waals surface area contributed by atoms with Crippen LogP contribution < -0.4 is 14.4 Å². The Kier molecular flexibility index (Phi) is 9.92. The number of carbonyl (C=O) groups excluding carboxylic acids is 2. The van der Waals surface area contributed by atoms with Gasteiger partial charge in [0.25, 0.3) is 0 Å². The van der Waals surface area contributed by atoms with Gasteiger partial charge in [-0.25, -0.2) is 8.42 Å². The van der Waals surface area contributed by atoms with E-state index in [1.807, 2.05) is 45.0 Å². The summed E-state index contributed by atoms with van der Waals surface area (Å²) in [4.78, 5) is 27.9. The van der Waals surface area contributed by atoms with Crippen molar-refractivity contribution in [2.75, 3.05) is 30.8 Å². The minimum Gasteiger partial charge on any atom is -0.497 e. The molecule has 0 aliphatic rings. The second-order valence-electron chi connectivity index (χ2n) is 8.19. The van der Waals surface area contributed by atoms with E-state index in [1.54, 1.807) is 24.3 Å². The Morgan fingerprint density at radius 2 is 1.65 bits per heavy atom. The number of methoxy groups -OCH3 is 1. The van der Waals surface area contributed by atoms with Crippen molar-refractivity contribution < 1.29 is 22.7 Å². The van der Waals surface area contributed by atoms with Crippen molar-refractivity contribution in [3.05, 3.63) is 59.7 Å². The lowest BCUT2D eigenvalue weighted by molar-refractivity contribution is -0.140. The van der Waals surface area contributed by atoms with Crippen LogP contribution in [0.25, 0.3) is 0 Å². The Morgan fingerprint density at radius 3 is 2.15 bits per heavy atom. The number of nitrogens with one attached hydrogen (secondary N) is 1. The molecule has 0 aliphatic carbocycles. The molecule has 0 radical (unpaired) electrons. The quantitative estimate of drug-likeness (QED) is 0.494. The molecule has 1 N–H and O–H groups in total. The fraction of sp³-hybridized carbons (Fsp3) is 0.440. The number of amides is 2. The molecule has 2 aromatic rings. The molecule has 0 saturated heterocycles. The van der Waals surface area contributed by atoms with Crippen molar-refractivity contribution in [1.82, 2.24) is 10.2 Å². The Bertz CT molecular complexity index is 1050. The van der Waals surface area contributed by atoms with E-state index < -0.39 is 28.5 Å². The van der Waals surface area contributed by atoms with Crippen molar-refractivity contribution in [2.24, 2.45) is 0 Å². The number of benzene rings is 2. The zero-order valence-corrected chi connectivity index (χ0v) is 21.4. The topological polar surface area (TPSA) is 96.0 Å². The largest absolute Gasteiger partial charge is 0.497 e. The molecule has 1 atom stereocenters. The Morgan fingerprint density at radius 1 is 1.03 bits per heavy atom. The highest BCUT2D eigenvalue weighted by Gasteiger charge is 2.31. The first-order valence-corrected chi connectivity index (χ1v) is 13.2. The third-order valence-corrected chi connectivity index (χ3v) is 6.59. The van der Waals surface area contributed by atoms with E-state index in [1.165, 1.54) is 12.0 Å². The zero-order chi connectivity index (χ0) is 25.3. The summed E-state index contributed by atoms with van der Waals surface area (Å²) in [5.41, 5.74) is 2.28. The first-order valence-electron chi connectivity index (χ1n) is 11.3. The van der Waals surface area contributed by atoms with E-state index in [9.17, 15) is 18.0 Å². The molecule has 0 aliphatic heterocycles. The van der Waals surface area contributed by atoms with E-state index in [0.29, 0.717) is 24.4 Å². The molecule has 0 heterocycles. The van der Waals surface area contributed by atoms with Gasteiger partial charge in [0.2, 0.25) is 21.8 Å². The molecule has 0 unspecified atom stereocenters. The monoisotopic (exact) mass is 489 g/mol. The summed E-state index contributed by atoms with van der Waals surface area (Å²) in [7, 11) is -2.25. The van der Waals surface area contributed by atoms with E-state index in [0.717, 1.165) is 28.1 Å². The van der Waals surface area contributed by atoms with E-state index in [4.69, 9.17) is 4.74 Å². The Labute approximate surface area is 202 Å². The van der Waals surface area contributed by atoms with Gasteiger partial charge in [0, 0.05) is 13.1 Å². The highest BCUT2D eigenvalue weighted by Crippen LogP contribution is 2.22. The molecular weight excluding hydrogens is 454 g/mol. The number of sulfonamides is 1. The van der Waals surface area contributed by atoms with Crippen LogP contribution in [0, 0.1) is 6.92 Å². The maximum Gasteiger partial charge on any atom is 0.244 e. The second-order valence-corrected chi connectivity index (χ2v) is 10.1. The van der Waals surface area contributed by atoms with E-state index >= 15 is 0 Å². The van der Waals surface area contributed by atoms with Crippen LogP contribution in [-0.2, 0) is 26.2 Å². The minimum absolute atomic E-state index is 0.192. The van der Waals surface area contributed by atoms with Crippen LogP contribution >= 0.6 is 0 Å². The standard InChI is InChI=1S/C25H35N3O5S/c1-6-16-26-25(30)23(7-2)27(17-20-10-8-19(3)9-11-20)24(29)18-28(34(5,31)32)21-12-14-22(33-4)15-13-21/h8-15,23H,6-7,16-18H2,1-5H3,(H,26,30)/t23-/m0/s1. The lowest BCUT2D eigenvalue weighted by Crippen LogP contribution is -2.52. The summed E-state index contributed by atoms with van der Waals surface area (Å²) in [5, 5.41) is 2.86. The van der Waals surface area contributed by atoms with E-state index in [-0.39, 0.29) is 12.5 Å². The van der Waals surface area contributed by atoms with Gasteiger partial charge in [0.05, 0.1) is 19.1 Å². The van der Waals surface area contributed by atoms with Crippen LogP contribution in [0.5, 0.6) is 5.75 Å². The maximum atomic E-state index is 13.6. The van der Waals surface area contributed by atoms with Crippen LogP contribution in [-0.4, -0.2) is 57.6 Å². The number of hydrogen-bond acceptors (Lipinski definition) is 5. The van der Waals surface area contributed by atoms with Crippen molar-refractivity contribution in [3.63, 3.8) is 0 Å². The smallest absolute Gasteiger partial charge is 0.244 e. The number of hydrogen-bond donors (Lipinski definition) is 1. The summed E-state index contributed by atoms with van der Waals surface area (Å²) < 4.78 is 31.4. The molecule has 0 aromatic heterocycles. The average molecular weight is 490 g/mol. The maximum absolute atomic E-state index is 13.6. The summed E-state index contributed by atoms with van der Waals surface area (Å²) in [6.45, 7) is 6.03. The molecule has 2 aromatic carbocycles. The Balaban J connectivity index is 2.40. The highest BCUT2D eigenvalue weighted by atomic mass is 32.2. The van der Waals surface area contributed by atoms with Gasteiger partial charge in [-0.1, -0.05) is 43.7 Å². The van der Waals surface area contributed by atoms with Gasteiger partial charge in [-0.05, 0) is 49.6 Å². The zero-order valence-electron chi connectivity index (χ0n) is 20.6. The average Bonchev–Trinajstić information content (AvgIpc) is 2.81. The first kappa shape index (κ1) is 27.2. The van der Waals surface area contributed by atoms with Crippen LogP contribution in [0.3, 0.4) is 0 Å². The molecule has 0 saturated carbocycles. The van der Waals surface area contributed by atoms with Crippen molar-refractivity contribution in [2.45, 2.75) is 46.2 Å². The van der Waals surface area contributed by atoms with Gasteiger partial charge < -0.3 is 15.0 Å². The predicted octanol–water partition coefficient (Wildman–Crippen LogP) is 3.10.